The summed E-state index contributed by atoms with van der Waals surface area (Å²) in [6, 6.07) is 3.53. The summed E-state index contributed by atoms with van der Waals surface area (Å²) < 4.78 is 18.3. The Morgan fingerprint density at radius 2 is 2.07 bits per heavy atom. The van der Waals surface area contributed by atoms with Gasteiger partial charge >= 0.3 is 6.09 Å². The van der Waals surface area contributed by atoms with Gasteiger partial charge in [0.25, 0.3) is 0 Å². The van der Waals surface area contributed by atoms with Crippen LogP contribution in [-0.2, 0) is 9.53 Å². The van der Waals surface area contributed by atoms with Crippen molar-refractivity contribution in [1.82, 2.24) is 5.32 Å². The fourth-order valence-corrected chi connectivity index (χ4v) is 3.72. The van der Waals surface area contributed by atoms with Crippen LogP contribution in [0.2, 0.25) is 5.02 Å². The number of carbonyl (C=O) groups is 2. The van der Waals surface area contributed by atoms with Crippen LogP contribution in [0.1, 0.15) is 26.2 Å². The Morgan fingerprint density at radius 3 is 2.74 bits per heavy atom. The van der Waals surface area contributed by atoms with E-state index in [1.807, 2.05) is 31.2 Å². The van der Waals surface area contributed by atoms with Crippen LogP contribution in [-0.4, -0.2) is 30.8 Å². The highest BCUT2D eigenvalue weighted by Gasteiger charge is 2.43. The number of benzene rings is 1. The molecule has 2 fully saturated rings. The number of nitrogens with one attached hydrogen (secondary N) is 1. The molecule has 2 amide bonds. The van der Waals surface area contributed by atoms with Crippen molar-refractivity contribution in [3.05, 3.63) is 39.4 Å². The van der Waals surface area contributed by atoms with Crippen molar-refractivity contribution in [3.8, 4) is 0 Å². The number of amides is 2. The van der Waals surface area contributed by atoms with Crippen LogP contribution in [0.4, 0.5) is 14.9 Å². The first-order valence-electron chi connectivity index (χ1n) is 9.06. The smallest absolute Gasteiger partial charge is 0.414 e. The van der Waals surface area contributed by atoms with E-state index in [4.69, 9.17) is 16.3 Å². The molecule has 142 valence electrons. The molecule has 1 heterocycles. The summed E-state index contributed by atoms with van der Waals surface area (Å²) >= 11 is 6.49. The zero-order chi connectivity index (χ0) is 19.1. The molecule has 1 N–H and O–H groups in total. The Bertz CT molecular complexity index is 959. The average molecular weight is 391 g/mol. The predicted molar refractivity (Wildman–Crippen MR) is 101 cm³/mol. The van der Waals surface area contributed by atoms with Crippen LogP contribution in [0.25, 0.3) is 12.2 Å². The van der Waals surface area contributed by atoms with E-state index in [2.05, 4.69) is 5.32 Å². The average Bonchev–Trinajstić information content (AvgIpc) is 3.23. The van der Waals surface area contributed by atoms with E-state index in [0.717, 1.165) is 23.3 Å². The van der Waals surface area contributed by atoms with Gasteiger partial charge in [0.05, 0.1) is 17.0 Å². The number of allylic oxidation sites excluding steroid dienone is 2. The molecule has 1 saturated carbocycles. The topological polar surface area (TPSA) is 58.6 Å². The van der Waals surface area contributed by atoms with Crippen molar-refractivity contribution < 1.29 is 18.7 Å². The molecule has 1 aromatic rings. The Kier molecular flexibility index (Phi) is 4.68. The molecule has 1 unspecified atom stereocenters. The Labute approximate surface area is 161 Å². The molecule has 27 heavy (non-hydrogen) atoms. The minimum atomic E-state index is -1.04. The maximum absolute atomic E-state index is 13.2. The van der Waals surface area contributed by atoms with Crippen LogP contribution < -0.4 is 20.7 Å². The van der Waals surface area contributed by atoms with E-state index in [1.165, 1.54) is 0 Å². The number of alkyl halides is 1. The quantitative estimate of drug-likeness (QED) is 0.862. The zero-order valence-corrected chi connectivity index (χ0v) is 15.6. The molecular weight excluding hydrogens is 371 g/mol. The van der Waals surface area contributed by atoms with E-state index in [-0.39, 0.29) is 18.4 Å². The predicted octanol–water partition coefficient (Wildman–Crippen LogP) is 2.40. The number of anilines is 1. The summed E-state index contributed by atoms with van der Waals surface area (Å²) in [5.41, 5.74) is 1.27. The highest BCUT2D eigenvalue weighted by Crippen LogP contribution is 2.34. The third-order valence-electron chi connectivity index (χ3n) is 5.02. The SMILES string of the molecule is CC1COC(=O)N1c1cc(Cl)c2c(c1)=CC(NC(=O)[C@@H]1C[C@@H]1F)=CCCC=2. The second-order valence-electron chi connectivity index (χ2n) is 7.16. The number of hydrogen-bond acceptors (Lipinski definition) is 3. The van der Waals surface area contributed by atoms with Crippen molar-refractivity contribution in [1.29, 1.82) is 0 Å². The second-order valence-corrected chi connectivity index (χ2v) is 7.57. The number of cyclic esters (lactones) is 1. The molecule has 0 spiro atoms. The summed E-state index contributed by atoms with van der Waals surface area (Å²) in [7, 11) is 0. The van der Waals surface area contributed by atoms with Crippen LogP contribution in [0, 0.1) is 5.92 Å². The molecule has 0 aromatic heterocycles. The van der Waals surface area contributed by atoms with Crippen LogP contribution >= 0.6 is 11.6 Å². The van der Waals surface area contributed by atoms with Gasteiger partial charge < -0.3 is 10.1 Å². The molecule has 0 radical (unpaired) electrons. The Morgan fingerprint density at radius 1 is 1.33 bits per heavy atom. The van der Waals surface area contributed by atoms with Crippen LogP contribution in [0.15, 0.2) is 23.9 Å². The van der Waals surface area contributed by atoms with E-state index in [1.54, 1.807) is 11.0 Å². The van der Waals surface area contributed by atoms with Gasteiger partial charge in [-0.3, -0.25) is 9.69 Å². The summed E-state index contributed by atoms with van der Waals surface area (Å²) in [5, 5.41) is 4.99. The van der Waals surface area contributed by atoms with Gasteiger partial charge in [-0.15, -0.1) is 0 Å². The van der Waals surface area contributed by atoms with Gasteiger partial charge in [-0.1, -0.05) is 23.8 Å². The first-order chi connectivity index (χ1) is 12.9. The highest BCUT2D eigenvalue weighted by atomic mass is 35.5. The maximum atomic E-state index is 13.2. The van der Waals surface area contributed by atoms with Gasteiger partial charge in [0.1, 0.15) is 12.8 Å². The summed E-state index contributed by atoms with van der Waals surface area (Å²) in [5.74, 6) is -0.846. The largest absolute Gasteiger partial charge is 0.447 e. The minimum absolute atomic E-state index is 0.0878. The lowest BCUT2D eigenvalue weighted by Crippen LogP contribution is -2.35. The molecule has 1 saturated heterocycles. The summed E-state index contributed by atoms with van der Waals surface area (Å²) in [4.78, 5) is 25.7. The van der Waals surface area contributed by atoms with Gasteiger partial charge in [-0.25, -0.2) is 9.18 Å². The lowest BCUT2D eigenvalue weighted by molar-refractivity contribution is -0.121. The maximum Gasteiger partial charge on any atom is 0.414 e. The Balaban J connectivity index is 1.73. The van der Waals surface area contributed by atoms with Crippen LogP contribution in [0.3, 0.4) is 0 Å². The highest BCUT2D eigenvalue weighted by molar-refractivity contribution is 6.31. The third-order valence-corrected chi connectivity index (χ3v) is 5.33. The molecule has 0 bridgehead atoms. The first-order valence-corrected chi connectivity index (χ1v) is 9.44. The van der Waals surface area contributed by atoms with E-state index < -0.39 is 18.2 Å². The van der Waals surface area contributed by atoms with Gasteiger partial charge in [-0.2, -0.15) is 0 Å². The third kappa shape index (κ3) is 3.58. The lowest BCUT2D eigenvalue weighted by atomic mass is 10.1. The number of carbonyl (C=O) groups excluding carboxylic acids is 2. The van der Waals surface area contributed by atoms with E-state index in [0.29, 0.717) is 23.0 Å². The zero-order valence-electron chi connectivity index (χ0n) is 14.9. The molecule has 4 rings (SSSR count). The molecule has 5 nitrogen and oxygen atoms in total. The van der Waals surface area contributed by atoms with Crippen molar-refractivity contribution >= 4 is 41.4 Å². The fourth-order valence-electron chi connectivity index (χ4n) is 3.42. The van der Waals surface area contributed by atoms with E-state index >= 15 is 0 Å². The molecule has 7 heteroatoms. The molecule has 2 aliphatic carbocycles. The normalized spacial score (nSPS) is 26.6. The second kappa shape index (κ2) is 7.00. The van der Waals surface area contributed by atoms with Gasteiger partial charge in [-0.05, 0) is 54.8 Å². The minimum Gasteiger partial charge on any atom is -0.447 e. The summed E-state index contributed by atoms with van der Waals surface area (Å²) in [6.45, 7) is 2.23. The van der Waals surface area contributed by atoms with Crippen LogP contribution in [0.5, 0.6) is 0 Å². The van der Waals surface area contributed by atoms with Crippen molar-refractivity contribution in [2.24, 2.45) is 5.92 Å². The van der Waals surface area contributed by atoms with Gasteiger partial charge in [0.15, 0.2) is 0 Å². The Hall–Kier alpha value is -2.34. The van der Waals surface area contributed by atoms with Crippen molar-refractivity contribution in [3.63, 3.8) is 0 Å². The fraction of sp³-hybridized carbons (Fsp3) is 0.400. The number of hydrogen-bond donors (Lipinski definition) is 1. The molecule has 1 aliphatic heterocycles. The van der Waals surface area contributed by atoms with E-state index in [9.17, 15) is 14.0 Å². The van der Waals surface area contributed by atoms with Crippen molar-refractivity contribution in [2.45, 2.75) is 38.4 Å². The number of ether oxygens (including phenoxy) is 1. The number of nitrogens with zero attached hydrogens (tertiary/aromatic N) is 1. The lowest BCUT2D eigenvalue weighted by Gasteiger charge is -2.19. The van der Waals surface area contributed by atoms with Crippen molar-refractivity contribution in [2.75, 3.05) is 11.5 Å². The number of halogens is 2. The van der Waals surface area contributed by atoms with Gasteiger partial charge in [0.2, 0.25) is 5.91 Å². The number of fused-ring (bicyclic) bond motifs is 1. The summed E-state index contributed by atoms with van der Waals surface area (Å²) in [6.07, 6.45) is 6.12. The first kappa shape index (κ1) is 18.0. The standard InChI is InChI=1S/C20H20ClFN2O3/c1-11-10-27-20(26)24(11)14-7-12-6-13(23-19(25)16-9-18(16)22)4-2-3-5-15(12)17(21)8-14/h4-8,11,16,18H,2-3,9-10H2,1H3,(H,23,25)/t11?,16-,18+/m1/s1. The number of rotatable bonds is 3. The monoisotopic (exact) mass is 390 g/mol. The molecule has 1 aromatic carbocycles. The van der Waals surface area contributed by atoms with Gasteiger partial charge in [0, 0.05) is 11.4 Å². The molecule has 3 atom stereocenters. The molecular formula is C20H20ClFN2O3. The molecule has 3 aliphatic rings.